The molecule has 0 aliphatic heterocycles. The second kappa shape index (κ2) is 11.4. The van der Waals surface area contributed by atoms with E-state index >= 15 is 0 Å². The number of hydrogen-bond donors (Lipinski definition) is 1. The van der Waals surface area contributed by atoms with Crippen LogP contribution in [-0.4, -0.2) is 24.0 Å². The zero-order valence-electron chi connectivity index (χ0n) is 18.6. The molecule has 3 aromatic rings. The normalized spacial score (nSPS) is 11.2. The highest BCUT2D eigenvalue weighted by Gasteiger charge is 2.31. The fourth-order valence-corrected chi connectivity index (χ4v) is 3.22. The first-order valence-corrected chi connectivity index (χ1v) is 10.8. The number of hydrogen-bond acceptors (Lipinski definition) is 4. The lowest BCUT2D eigenvalue weighted by atomic mass is 10.0. The Labute approximate surface area is 195 Å². The van der Waals surface area contributed by atoms with Crippen LogP contribution < -0.4 is 14.2 Å². The third-order valence-corrected chi connectivity index (χ3v) is 4.90. The number of aryl methyl sites for hydroxylation is 1. The molecule has 0 amide bonds. The summed E-state index contributed by atoms with van der Waals surface area (Å²) in [7, 11) is 0. The second-order valence-corrected chi connectivity index (χ2v) is 7.57. The van der Waals surface area contributed by atoms with E-state index in [1.54, 1.807) is 36.4 Å². The van der Waals surface area contributed by atoms with Crippen molar-refractivity contribution < 1.29 is 37.3 Å². The highest BCUT2D eigenvalue weighted by Crippen LogP contribution is 2.34. The second-order valence-electron chi connectivity index (χ2n) is 7.57. The van der Waals surface area contributed by atoms with Gasteiger partial charge in [-0.1, -0.05) is 43.7 Å². The van der Waals surface area contributed by atoms with Crippen LogP contribution in [0, 0.1) is 0 Å². The molecular formula is C26H25F3O5. The van der Waals surface area contributed by atoms with Gasteiger partial charge in [-0.15, -0.1) is 13.2 Å². The molecule has 3 aromatic carbocycles. The molecule has 3 rings (SSSR count). The Balaban J connectivity index is 1.86. The Kier molecular flexibility index (Phi) is 8.40. The Hall–Kier alpha value is -3.68. The van der Waals surface area contributed by atoms with Crippen LogP contribution in [0.25, 0.3) is 11.1 Å². The molecule has 0 radical (unpaired) electrons. The third kappa shape index (κ3) is 7.72. The van der Waals surface area contributed by atoms with Crippen molar-refractivity contribution in [2.24, 2.45) is 0 Å². The zero-order chi connectivity index (χ0) is 24.6. The number of aliphatic carboxylic acids is 1. The van der Waals surface area contributed by atoms with Crippen molar-refractivity contribution in [3.05, 3.63) is 72.3 Å². The number of carboxylic acid groups (broad SMARTS) is 1. The van der Waals surface area contributed by atoms with Crippen molar-refractivity contribution in [3.8, 4) is 34.1 Å². The molecule has 8 heteroatoms. The summed E-state index contributed by atoms with van der Waals surface area (Å²) in [5, 5.41) is 9.08. The molecule has 0 fully saturated rings. The lowest BCUT2D eigenvalue weighted by Gasteiger charge is -2.14. The van der Waals surface area contributed by atoms with Crippen molar-refractivity contribution in [2.75, 3.05) is 6.61 Å². The van der Waals surface area contributed by atoms with Crippen LogP contribution in [0.1, 0.15) is 31.7 Å². The van der Waals surface area contributed by atoms with Crippen molar-refractivity contribution >= 4 is 5.97 Å². The van der Waals surface area contributed by atoms with E-state index in [0.717, 1.165) is 12.8 Å². The van der Waals surface area contributed by atoms with Gasteiger partial charge in [0.05, 0.1) is 6.61 Å². The molecule has 0 saturated heterocycles. The number of ether oxygens (including phenoxy) is 3. The molecule has 0 spiro atoms. The molecule has 0 bridgehead atoms. The summed E-state index contributed by atoms with van der Waals surface area (Å²) in [5.74, 6) is 0.401. The summed E-state index contributed by atoms with van der Waals surface area (Å²) in [6.07, 6.45) is -2.63. The maximum absolute atomic E-state index is 12.4. The van der Waals surface area contributed by atoms with Gasteiger partial charge in [0.1, 0.15) is 23.0 Å². The summed E-state index contributed by atoms with van der Waals surface area (Å²) in [6.45, 7) is 2.67. The van der Waals surface area contributed by atoms with E-state index in [0.29, 0.717) is 40.5 Å². The first-order valence-electron chi connectivity index (χ1n) is 10.8. The third-order valence-electron chi connectivity index (χ3n) is 4.90. The minimum Gasteiger partial charge on any atom is -0.493 e. The monoisotopic (exact) mass is 474 g/mol. The Morgan fingerprint density at radius 3 is 2.29 bits per heavy atom. The van der Waals surface area contributed by atoms with Gasteiger partial charge in [-0.25, -0.2) is 0 Å². The molecule has 1 N–H and O–H groups in total. The molecule has 0 unspecified atom stereocenters. The number of unbranched alkanes of at least 4 members (excludes halogenated alkanes) is 1. The SMILES string of the molecule is CCCCOc1cccc(Oc2cc(-c3ccc(OC(F)(F)F)cc3)ccc2CCC(=O)O)c1. The van der Waals surface area contributed by atoms with Crippen LogP contribution in [0.4, 0.5) is 13.2 Å². The lowest BCUT2D eigenvalue weighted by molar-refractivity contribution is -0.274. The molecule has 5 nitrogen and oxygen atoms in total. The Bertz CT molecular complexity index is 1090. The molecule has 0 aliphatic carbocycles. The Morgan fingerprint density at radius 1 is 0.912 bits per heavy atom. The maximum Gasteiger partial charge on any atom is 0.573 e. The molecular weight excluding hydrogens is 449 g/mol. The van der Waals surface area contributed by atoms with Gasteiger partial charge >= 0.3 is 12.3 Å². The number of rotatable bonds is 11. The van der Waals surface area contributed by atoms with E-state index in [1.165, 1.54) is 24.3 Å². The van der Waals surface area contributed by atoms with Crippen LogP contribution in [0.3, 0.4) is 0 Å². The standard InChI is InChI=1S/C26H25F3O5/c1-2-3-15-32-22-5-4-6-23(17-22)33-24-16-20(8-7-19(24)11-14-25(30)31)18-9-12-21(13-10-18)34-26(27,28)29/h4-10,12-13,16-17H,2-3,11,14-15H2,1H3,(H,30,31). The maximum atomic E-state index is 12.4. The smallest absolute Gasteiger partial charge is 0.493 e. The number of carbonyl (C=O) groups is 1. The van der Waals surface area contributed by atoms with E-state index in [2.05, 4.69) is 11.7 Å². The van der Waals surface area contributed by atoms with E-state index < -0.39 is 12.3 Å². The summed E-state index contributed by atoms with van der Waals surface area (Å²) in [6, 6.07) is 17.9. The van der Waals surface area contributed by atoms with Gasteiger partial charge in [-0.05, 0) is 59.9 Å². The average Bonchev–Trinajstić information content (AvgIpc) is 2.78. The van der Waals surface area contributed by atoms with Gasteiger partial charge in [-0.2, -0.15) is 0 Å². The van der Waals surface area contributed by atoms with E-state index in [-0.39, 0.29) is 18.6 Å². The fourth-order valence-electron chi connectivity index (χ4n) is 3.22. The number of carboxylic acids is 1. The molecule has 0 atom stereocenters. The summed E-state index contributed by atoms with van der Waals surface area (Å²) < 4.78 is 53.0. The predicted octanol–water partition coefficient (Wildman–Crippen LogP) is 7.24. The minimum absolute atomic E-state index is 0.0701. The average molecular weight is 474 g/mol. The minimum atomic E-state index is -4.76. The van der Waals surface area contributed by atoms with Crippen LogP contribution in [0.2, 0.25) is 0 Å². The zero-order valence-corrected chi connectivity index (χ0v) is 18.6. The van der Waals surface area contributed by atoms with Crippen molar-refractivity contribution in [3.63, 3.8) is 0 Å². The van der Waals surface area contributed by atoms with Crippen LogP contribution in [0.15, 0.2) is 66.7 Å². The number of alkyl halides is 3. The van der Waals surface area contributed by atoms with Gasteiger partial charge in [0.2, 0.25) is 0 Å². The summed E-state index contributed by atoms with van der Waals surface area (Å²) >= 11 is 0. The molecule has 0 aliphatic rings. The van der Waals surface area contributed by atoms with Crippen LogP contribution in [-0.2, 0) is 11.2 Å². The Morgan fingerprint density at radius 2 is 1.62 bits per heavy atom. The van der Waals surface area contributed by atoms with Gasteiger partial charge in [0.25, 0.3) is 0 Å². The quantitative estimate of drug-likeness (QED) is 0.297. The van der Waals surface area contributed by atoms with Crippen LogP contribution >= 0.6 is 0 Å². The van der Waals surface area contributed by atoms with Gasteiger partial charge in [0.15, 0.2) is 0 Å². The van der Waals surface area contributed by atoms with E-state index in [9.17, 15) is 18.0 Å². The molecule has 34 heavy (non-hydrogen) atoms. The highest BCUT2D eigenvalue weighted by atomic mass is 19.4. The van der Waals surface area contributed by atoms with E-state index in [4.69, 9.17) is 14.6 Å². The topological polar surface area (TPSA) is 65.0 Å². The first kappa shape index (κ1) is 25.0. The first-order chi connectivity index (χ1) is 16.2. The lowest BCUT2D eigenvalue weighted by Crippen LogP contribution is -2.16. The van der Waals surface area contributed by atoms with Crippen molar-refractivity contribution in [2.45, 2.75) is 39.0 Å². The van der Waals surface area contributed by atoms with Crippen molar-refractivity contribution in [1.82, 2.24) is 0 Å². The van der Waals surface area contributed by atoms with Crippen molar-refractivity contribution in [1.29, 1.82) is 0 Å². The molecule has 0 saturated carbocycles. The molecule has 0 heterocycles. The van der Waals surface area contributed by atoms with Crippen LogP contribution in [0.5, 0.6) is 23.0 Å². The summed E-state index contributed by atoms with van der Waals surface area (Å²) in [5.41, 5.74) is 2.05. The van der Waals surface area contributed by atoms with Gasteiger partial charge in [-0.3, -0.25) is 4.79 Å². The molecule has 180 valence electrons. The number of halogens is 3. The highest BCUT2D eigenvalue weighted by molar-refractivity contribution is 5.69. The molecule has 0 aromatic heterocycles. The van der Waals surface area contributed by atoms with E-state index in [1.807, 2.05) is 6.07 Å². The van der Waals surface area contributed by atoms with Gasteiger partial charge < -0.3 is 19.3 Å². The largest absolute Gasteiger partial charge is 0.573 e. The number of benzene rings is 3. The fraction of sp³-hybridized carbons (Fsp3) is 0.269. The summed E-state index contributed by atoms with van der Waals surface area (Å²) in [4.78, 5) is 11.1. The predicted molar refractivity (Wildman–Crippen MR) is 121 cm³/mol. The van der Waals surface area contributed by atoms with Gasteiger partial charge in [0, 0.05) is 12.5 Å².